The molecule has 0 fully saturated rings. The maximum atomic E-state index is 0. The van der Waals surface area contributed by atoms with Gasteiger partial charge in [0.1, 0.15) is 0 Å². The van der Waals surface area contributed by atoms with E-state index in [9.17, 15) is 0 Å². The van der Waals surface area contributed by atoms with Crippen LogP contribution in [-0.4, -0.2) is 45.5 Å². The molecular formula is H2CeCuNdSr. The predicted octanol–water partition coefficient (Wildman–Crippen LogP) is -0.919. The van der Waals surface area contributed by atoms with Gasteiger partial charge in [0.05, 0.1) is 0 Å². The molecule has 0 amide bonds. The SMILES string of the molecule is [Ce].[Cu].[Nd].[SrH2]. The van der Waals surface area contributed by atoms with Crippen molar-refractivity contribution in [2.75, 3.05) is 0 Å². The summed E-state index contributed by atoms with van der Waals surface area (Å²) < 4.78 is 0. The number of rotatable bonds is 0. The van der Waals surface area contributed by atoms with E-state index in [-0.39, 0.29) is 145 Å². The van der Waals surface area contributed by atoms with E-state index < -0.39 is 0 Å². The second-order valence-electron chi connectivity index (χ2n) is 0. The van der Waals surface area contributed by atoms with Crippen LogP contribution in [0.3, 0.4) is 0 Å². The zero-order chi connectivity index (χ0) is 0. The van der Waals surface area contributed by atoms with Gasteiger partial charge in [0.2, 0.25) is 0 Å². The molecule has 0 N–H and O–H groups in total. The Bertz CT molecular complexity index is 8.00. The molecule has 0 bridgehead atoms. The zero-order valence-electron chi connectivity index (χ0n) is 1.30. The van der Waals surface area contributed by atoms with Crippen molar-refractivity contribution < 1.29 is 99.7 Å². The molecule has 0 saturated heterocycles. The average Bonchev–Trinajstić information content (AvgIpc) is 0. The molecule has 0 aromatic rings. The van der Waals surface area contributed by atoms with Gasteiger partial charge in [-0.1, -0.05) is 0 Å². The first-order valence-electron chi connectivity index (χ1n) is 0. The van der Waals surface area contributed by atoms with Crippen molar-refractivity contribution in [2.45, 2.75) is 0 Å². The zero-order valence-corrected chi connectivity index (χ0v) is 8.59. The van der Waals surface area contributed by atoms with Crippen LogP contribution in [0.15, 0.2) is 0 Å². The molecule has 23 valence electrons. The third-order valence-corrected chi connectivity index (χ3v) is 0. The van der Waals surface area contributed by atoms with Crippen molar-refractivity contribution in [3.8, 4) is 0 Å². The van der Waals surface area contributed by atoms with Gasteiger partial charge in [-0.15, -0.1) is 0 Å². The molecule has 0 saturated carbocycles. The fourth-order valence-corrected chi connectivity index (χ4v) is 0. The molecule has 0 aliphatic carbocycles. The van der Waals surface area contributed by atoms with E-state index >= 15 is 0 Å². The van der Waals surface area contributed by atoms with Gasteiger partial charge < -0.3 is 0 Å². The Morgan fingerprint density at radius 1 is 1.00 bits per heavy atom. The minimum absolute atomic E-state index is 0. The molecule has 0 spiro atoms. The summed E-state index contributed by atoms with van der Waals surface area (Å²) >= 11 is 0. The molecule has 0 atom stereocenters. The fraction of sp³-hybridized carbons (Fsp3) is 0. The summed E-state index contributed by atoms with van der Waals surface area (Å²) in [4.78, 5) is 0. The van der Waals surface area contributed by atoms with E-state index in [0.717, 1.165) is 0 Å². The first kappa shape index (κ1) is 23.3. The van der Waals surface area contributed by atoms with E-state index in [1.807, 2.05) is 0 Å². The van der Waals surface area contributed by atoms with E-state index in [1.54, 1.807) is 0 Å². The molecule has 1 radical (unpaired) electrons. The van der Waals surface area contributed by atoms with Crippen molar-refractivity contribution in [1.29, 1.82) is 0 Å². The minimum atomic E-state index is 0. The van der Waals surface area contributed by atoms with Crippen molar-refractivity contribution >= 4 is 45.5 Å². The van der Waals surface area contributed by atoms with Crippen LogP contribution >= 0.6 is 0 Å². The first-order chi connectivity index (χ1) is 0. The summed E-state index contributed by atoms with van der Waals surface area (Å²) in [5.74, 6) is 0. The van der Waals surface area contributed by atoms with Gasteiger partial charge >= 0.3 is 45.5 Å². The summed E-state index contributed by atoms with van der Waals surface area (Å²) in [6.07, 6.45) is 0. The normalized spacial score (nSPS) is 0. The monoisotopic (exact) mass is 435 g/mol. The second kappa shape index (κ2) is 15.6. The molecule has 0 unspecified atom stereocenters. The van der Waals surface area contributed by atoms with Crippen molar-refractivity contribution in [1.82, 2.24) is 0 Å². The molecule has 4 heteroatoms. The summed E-state index contributed by atoms with van der Waals surface area (Å²) in [5, 5.41) is 0. The van der Waals surface area contributed by atoms with Crippen LogP contribution < -0.4 is 0 Å². The van der Waals surface area contributed by atoms with Gasteiger partial charge in [0.15, 0.2) is 0 Å². The van der Waals surface area contributed by atoms with Gasteiger partial charge in [-0.3, -0.25) is 0 Å². The Balaban J connectivity index is 0. The van der Waals surface area contributed by atoms with E-state index in [4.69, 9.17) is 0 Å². The Kier molecular flexibility index (Phi) is 91.2. The van der Waals surface area contributed by atoms with E-state index in [2.05, 4.69) is 0 Å². The quantitative estimate of drug-likeness (QED) is 0.430. The van der Waals surface area contributed by atoms with Crippen LogP contribution in [0.25, 0.3) is 0 Å². The third-order valence-electron chi connectivity index (χ3n) is 0. The average molecular weight is 438 g/mol. The summed E-state index contributed by atoms with van der Waals surface area (Å²) in [6, 6.07) is 0. The van der Waals surface area contributed by atoms with Gasteiger partial charge in [-0.2, -0.15) is 0 Å². The topological polar surface area (TPSA) is 0 Å². The molecule has 0 rings (SSSR count). The van der Waals surface area contributed by atoms with Crippen LogP contribution in [0.1, 0.15) is 0 Å². The molecule has 0 nitrogen and oxygen atoms in total. The van der Waals surface area contributed by atoms with Gasteiger partial charge in [-0.05, 0) is 0 Å². The molecule has 0 aliphatic rings. The Hall–Kier alpha value is 4.73. The molecule has 0 aromatic carbocycles. The molecular weight excluding hydrogens is 436 g/mol. The maximum absolute atomic E-state index is 0. The first-order valence-corrected chi connectivity index (χ1v) is 0. The Morgan fingerprint density at radius 2 is 1.00 bits per heavy atom. The predicted molar refractivity (Wildman–Crippen MR) is 8.54 cm³/mol. The van der Waals surface area contributed by atoms with Crippen molar-refractivity contribution in [2.24, 2.45) is 0 Å². The second-order valence-corrected chi connectivity index (χ2v) is 0. The van der Waals surface area contributed by atoms with E-state index in [0.29, 0.717) is 0 Å². The Labute approximate surface area is 140 Å². The van der Waals surface area contributed by atoms with Crippen LogP contribution in [0, 0.1) is 82.6 Å². The van der Waals surface area contributed by atoms with Crippen molar-refractivity contribution in [3.05, 3.63) is 0 Å². The fourth-order valence-electron chi connectivity index (χ4n) is 0. The molecule has 0 heterocycles. The number of hydrogen-bond donors (Lipinski definition) is 0. The Morgan fingerprint density at radius 3 is 1.00 bits per heavy atom. The van der Waals surface area contributed by atoms with Gasteiger partial charge in [0.25, 0.3) is 0 Å². The molecule has 0 aromatic heterocycles. The molecule has 4 heavy (non-hydrogen) atoms. The van der Waals surface area contributed by atoms with Crippen LogP contribution in [0.5, 0.6) is 0 Å². The van der Waals surface area contributed by atoms with Gasteiger partial charge in [0, 0.05) is 99.7 Å². The van der Waals surface area contributed by atoms with Crippen LogP contribution in [0.2, 0.25) is 0 Å². The van der Waals surface area contributed by atoms with Crippen LogP contribution in [0.4, 0.5) is 0 Å². The third kappa shape index (κ3) is 9.87. The van der Waals surface area contributed by atoms with Gasteiger partial charge in [-0.25, -0.2) is 0 Å². The summed E-state index contributed by atoms with van der Waals surface area (Å²) in [5.41, 5.74) is 0. The number of hydrogen-bond acceptors (Lipinski definition) is 0. The summed E-state index contributed by atoms with van der Waals surface area (Å²) in [6.45, 7) is 0. The standard InChI is InChI=1S/Ce.Cu.Nd.Sr.2H. The molecule has 0 aliphatic heterocycles. The van der Waals surface area contributed by atoms with E-state index in [1.165, 1.54) is 0 Å². The van der Waals surface area contributed by atoms with Crippen molar-refractivity contribution in [3.63, 3.8) is 0 Å². The van der Waals surface area contributed by atoms with Crippen LogP contribution in [-0.2, 0) is 17.1 Å². The summed E-state index contributed by atoms with van der Waals surface area (Å²) in [7, 11) is 0.